The number of carbonyl (C=O) groups is 2. The first kappa shape index (κ1) is 19.2. The Labute approximate surface area is 166 Å². The molecule has 6 nitrogen and oxygen atoms in total. The van der Waals surface area contributed by atoms with Gasteiger partial charge < -0.3 is 14.2 Å². The minimum Gasteiger partial charge on any atom is -0.496 e. The standard InChI is InChI=1S/C22H29NO5/c1-26-19-10-3-2-8-16(19)21-17(13-20(24)28-21)22(25)27-14-15-7-6-12-23-11-5-4-9-18(15)23/h2-3,8,10,15,17-18,21H,4-7,9,11-14H2,1H3/t15-,17+,18+,21?/m0/s1. The van der Waals surface area contributed by atoms with Gasteiger partial charge in [0.15, 0.2) is 0 Å². The predicted octanol–water partition coefficient (Wildman–Crippen LogP) is 3.11. The van der Waals surface area contributed by atoms with Crippen molar-refractivity contribution in [2.45, 2.75) is 50.7 Å². The van der Waals surface area contributed by atoms with Crippen LogP contribution in [0.4, 0.5) is 0 Å². The maximum atomic E-state index is 12.9. The molecule has 3 fully saturated rings. The van der Waals surface area contributed by atoms with Gasteiger partial charge in [-0.1, -0.05) is 24.6 Å². The second-order valence-electron chi connectivity index (χ2n) is 8.09. The number of ether oxygens (including phenoxy) is 3. The summed E-state index contributed by atoms with van der Waals surface area (Å²) < 4.78 is 16.6. The summed E-state index contributed by atoms with van der Waals surface area (Å²) in [5.41, 5.74) is 0.717. The molecule has 3 aliphatic rings. The van der Waals surface area contributed by atoms with Gasteiger partial charge in [0.05, 0.1) is 20.1 Å². The number of para-hydroxylation sites is 1. The number of benzene rings is 1. The van der Waals surface area contributed by atoms with E-state index in [2.05, 4.69) is 4.90 Å². The molecule has 0 spiro atoms. The molecule has 3 heterocycles. The molecule has 6 heteroatoms. The number of methoxy groups -OCH3 is 1. The van der Waals surface area contributed by atoms with E-state index in [1.54, 1.807) is 7.11 Å². The van der Waals surface area contributed by atoms with Crippen molar-refractivity contribution in [3.8, 4) is 5.75 Å². The van der Waals surface area contributed by atoms with Crippen LogP contribution in [0.1, 0.15) is 50.2 Å². The Hall–Kier alpha value is -2.08. The van der Waals surface area contributed by atoms with Gasteiger partial charge in [-0.05, 0) is 44.8 Å². The van der Waals surface area contributed by atoms with E-state index in [9.17, 15) is 9.59 Å². The van der Waals surface area contributed by atoms with Crippen LogP contribution in [0.2, 0.25) is 0 Å². The number of rotatable bonds is 5. The first-order valence-electron chi connectivity index (χ1n) is 10.4. The van der Waals surface area contributed by atoms with Crippen LogP contribution in [-0.2, 0) is 19.1 Å². The van der Waals surface area contributed by atoms with Gasteiger partial charge in [0.2, 0.25) is 0 Å². The lowest BCUT2D eigenvalue weighted by Crippen LogP contribution is -2.49. The number of hydrogen-bond acceptors (Lipinski definition) is 6. The van der Waals surface area contributed by atoms with E-state index in [4.69, 9.17) is 14.2 Å². The van der Waals surface area contributed by atoms with Crippen LogP contribution in [0.3, 0.4) is 0 Å². The number of nitrogens with zero attached hydrogens (tertiary/aromatic N) is 1. The molecule has 0 aromatic heterocycles. The first-order chi connectivity index (χ1) is 13.7. The molecule has 1 aromatic carbocycles. The molecule has 152 valence electrons. The molecular weight excluding hydrogens is 358 g/mol. The van der Waals surface area contributed by atoms with Crippen molar-refractivity contribution in [2.24, 2.45) is 11.8 Å². The lowest BCUT2D eigenvalue weighted by Gasteiger charge is -2.44. The summed E-state index contributed by atoms with van der Waals surface area (Å²) >= 11 is 0. The van der Waals surface area contributed by atoms with Crippen LogP contribution in [0, 0.1) is 11.8 Å². The summed E-state index contributed by atoms with van der Waals surface area (Å²) in [4.78, 5) is 27.4. The third-order valence-electron chi connectivity index (χ3n) is 6.43. The highest BCUT2D eigenvalue weighted by atomic mass is 16.6. The number of carbonyl (C=O) groups excluding carboxylic acids is 2. The minimum absolute atomic E-state index is 0.0573. The van der Waals surface area contributed by atoms with E-state index < -0.39 is 12.0 Å². The highest BCUT2D eigenvalue weighted by Crippen LogP contribution is 2.40. The van der Waals surface area contributed by atoms with Crippen LogP contribution in [0.15, 0.2) is 24.3 Å². The lowest BCUT2D eigenvalue weighted by molar-refractivity contribution is -0.153. The van der Waals surface area contributed by atoms with Crippen LogP contribution in [0.5, 0.6) is 5.75 Å². The molecule has 0 amide bonds. The largest absolute Gasteiger partial charge is 0.496 e. The molecule has 3 aliphatic heterocycles. The van der Waals surface area contributed by atoms with Crippen molar-refractivity contribution in [3.63, 3.8) is 0 Å². The van der Waals surface area contributed by atoms with Crippen molar-refractivity contribution in [3.05, 3.63) is 29.8 Å². The molecule has 3 saturated heterocycles. The maximum absolute atomic E-state index is 12.9. The van der Waals surface area contributed by atoms with Gasteiger partial charge in [0, 0.05) is 17.5 Å². The fourth-order valence-electron chi connectivity index (χ4n) is 5.01. The van der Waals surface area contributed by atoms with E-state index in [1.165, 1.54) is 19.3 Å². The van der Waals surface area contributed by atoms with Gasteiger partial charge in [0.1, 0.15) is 17.8 Å². The van der Waals surface area contributed by atoms with Crippen LogP contribution in [0.25, 0.3) is 0 Å². The summed E-state index contributed by atoms with van der Waals surface area (Å²) in [5, 5.41) is 0. The third-order valence-corrected chi connectivity index (χ3v) is 6.43. The highest BCUT2D eigenvalue weighted by molar-refractivity contribution is 5.84. The van der Waals surface area contributed by atoms with Gasteiger partial charge in [-0.25, -0.2) is 0 Å². The first-order valence-corrected chi connectivity index (χ1v) is 10.4. The molecule has 4 atom stereocenters. The molecule has 0 saturated carbocycles. The van der Waals surface area contributed by atoms with E-state index in [0.717, 1.165) is 25.9 Å². The van der Waals surface area contributed by atoms with Gasteiger partial charge in [-0.3, -0.25) is 14.5 Å². The van der Waals surface area contributed by atoms with Crippen molar-refractivity contribution in [1.82, 2.24) is 4.90 Å². The number of cyclic esters (lactones) is 1. The second-order valence-corrected chi connectivity index (χ2v) is 8.09. The Morgan fingerprint density at radius 1 is 1.18 bits per heavy atom. The highest BCUT2D eigenvalue weighted by Gasteiger charge is 2.43. The third kappa shape index (κ3) is 3.88. The molecular formula is C22H29NO5. The molecule has 0 N–H and O–H groups in total. The molecule has 1 unspecified atom stereocenters. The quantitative estimate of drug-likeness (QED) is 0.724. The topological polar surface area (TPSA) is 65.1 Å². The molecule has 28 heavy (non-hydrogen) atoms. The van der Waals surface area contributed by atoms with Crippen LogP contribution in [-0.4, -0.2) is 49.7 Å². The number of piperidine rings is 2. The number of esters is 2. The van der Waals surface area contributed by atoms with Crippen molar-refractivity contribution < 1.29 is 23.8 Å². The predicted molar refractivity (Wildman–Crippen MR) is 103 cm³/mol. The second kappa shape index (κ2) is 8.52. The maximum Gasteiger partial charge on any atom is 0.313 e. The summed E-state index contributed by atoms with van der Waals surface area (Å²) in [5.74, 6) is -0.315. The summed E-state index contributed by atoms with van der Waals surface area (Å²) in [6.07, 6.45) is 5.39. The average molecular weight is 387 g/mol. The number of fused-ring (bicyclic) bond motifs is 1. The van der Waals surface area contributed by atoms with Crippen LogP contribution >= 0.6 is 0 Å². The Balaban J connectivity index is 1.42. The van der Waals surface area contributed by atoms with E-state index in [1.807, 2.05) is 24.3 Å². The monoisotopic (exact) mass is 387 g/mol. The summed E-state index contributed by atoms with van der Waals surface area (Å²) in [7, 11) is 1.57. The summed E-state index contributed by atoms with van der Waals surface area (Å²) in [6, 6.07) is 7.88. The molecule has 1 aromatic rings. The van der Waals surface area contributed by atoms with E-state index in [0.29, 0.717) is 29.9 Å². The van der Waals surface area contributed by atoms with Gasteiger partial charge in [-0.2, -0.15) is 0 Å². The van der Waals surface area contributed by atoms with E-state index >= 15 is 0 Å². The van der Waals surface area contributed by atoms with Gasteiger partial charge >= 0.3 is 11.9 Å². The molecule has 4 rings (SSSR count). The van der Waals surface area contributed by atoms with Gasteiger partial charge in [0.25, 0.3) is 0 Å². The molecule has 0 bridgehead atoms. The molecule has 0 aliphatic carbocycles. The smallest absolute Gasteiger partial charge is 0.313 e. The van der Waals surface area contributed by atoms with Crippen molar-refractivity contribution in [1.29, 1.82) is 0 Å². The van der Waals surface area contributed by atoms with Gasteiger partial charge in [-0.15, -0.1) is 0 Å². The lowest BCUT2D eigenvalue weighted by atomic mass is 9.84. The zero-order valence-corrected chi connectivity index (χ0v) is 16.5. The fourth-order valence-corrected chi connectivity index (χ4v) is 5.01. The van der Waals surface area contributed by atoms with Crippen LogP contribution < -0.4 is 4.74 Å². The Bertz CT molecular complexity index is 719. The van der Waals surface area contributed by atoms with Crippen molar-refractivity contribution in [2.75, 3.05) is 26.8 Å². The zero-order chi connectivity index (χ0) is 19.5. The van der Waals surface area contributed by atoms with Crippen molar-refractivity contribution >= 4 is 11.9 Å². The van der Waals surface area contributed by atoms with E-state index in [-0.39, 0.29) is 18.4 Å². The Morgan fingerprint density at radius 2 is 2.00 bits per heavy atom. The SMILES string of the molecule is COc1ccccc1C1OC(=O)C[C@H]1C(=O)OC[C@@H]1CCCN2CCCC[C@H]12. The summed E-state index contributed by atoms with van der Waals surface area (Å²) in [6.45, 7) is 2.76. The Kier molecular flexibility index (Phi) is 5.85. The Morgan fingerprint density at radius 3 is 2.86 bits per heavy atom. The molecule has 0 radical (unpaired) electrons. The fraction of sp³-hybridized carbons (Fsp3) is 0.636. The minimum atomic E-state index is -0.645. The average Bonchev–Trinajstić information content (AvgIpc) is 3.13. The zero-order valence-electron chi connectivity index (χ0n) is 16.5. The normalized spacial score (nSPS) is 30.4. The number of hydrogen-bond donors (Lipinski definition) is 0.